The summed E-state index contributed by atoms with van der Waals surface area (Å²) in [5, 5.41) is 4.64. The zero-order valence-electron chi connectivity index (χ0n) is 11.6. The molecule has 0 spiro atoms. The van der Waals surface area contributed by atoms with E-state index >= 15 is 0 Å². The number of hydrogen-bond acceptors (Lipinski definition) is 2. The Morgan fingerprint density at radius 3 is 2.83 bits per heavy atom. The van der Waals surface area contributed by atoms with Crippen molar-refractivity contribution >= 4 is 11.0 Å². The molecule has 1 aromatic heterocycles. The topological polar surface area (TPSA) is 25.2 Å². The minimum absolute atomic E-state index is 0.617. The first-order valence-electron chi connectivity index (χ1n) is 6.97. The van der Waals surface area contributed by atoms with Crippen molar-refractivity contribution in [3.8, 4) is 0 Å². The molecule has 1 atom stereocenters. The number of nitrogens with one attached hydrogen (secondary N) is 1. The maximum absolute atomic E-state index is 5.62. The van der Waals surface area contributed by atoms with Crippen molar-refractivity contribution in [1.82, 2.24) is 5.32 Å². The first kappa shape index (κ1) is 13.2. The second-order valence-corrected chi connectivity index (χ2v) is 4.93. The maximum Gasteiger partial charge on any atom is 0.134 e. The summed E-state index contributed by atoms with van der Waals surface area (Å²) in [6.07, 6.45) is 4.11. The molecule has 2 nitrogen and oxygen atoms in total. The highest BCUT2D eigenvalue weighted by Crippen LogP contribution is 2.27. The second kappa shape index (κ2) is 6.05. The zero-order valence-corrected chi connectivity index (χ0v) is 11.6. The van der Waals surface area contributed by atoms with Gasteiger partial charge in [0.2, 0.25) is 0 Å². The Hall–Kier alpha value is -1.28. The minimum Gasteiger partial charge on any atom is -0.464 e. The number of benzene rings is 1. The largest absolute Gasteiger partial charge is 0.464 e. The molecule has 2 heteroatoms. The van der Waals surface area contributed by atoms with Gasteiger partial charge in [0.15, 0.2) is 0 Å². The summed E-state index contributed by atoms with van der Waals surface area (Å²) >= 11 is 0. The van der Waals surface area contributed by atoms with Crippen molar-refractivity contribution in [1.29, 1.82) is 0 Å². The van der Waals surface area contributed by atoms with Gasteiger partial charge < -0.3 is 9.73 Å². The van der Waals surface area contributed by atoms with E-state index in [1.165, 1.54) is 22.9 Å². The fourth-order valence-corrected chi connectivity index (χ4v) is 2.24. The van der Waals surface area contributed by atoms with Gasteiger partial charge in [-0.25, -0.2) is 0 Å². The average molecular weight is 245 g/mol. The van der Waals surface area contributed by atoms with E-state index in [0.717, 1.165) is 25.1 Å². The van der Waals surface area contributed by atoms with Gasteiger partial charge in [0.1, 0.15) is 5.58 Å². The molecule has 0 aliphatic carbocycles. The average Bonchev–Trinajstić information content (AvgIpc) is 2.81. The van der Waals surface area contributed by atoms with Gasteiger partial charge in [-0.05, 0) is 55.1 Å². The van der Waals surface area contributed by atoms with Gasteiger partial charge in [0.25, 0.3) is 0 Å². The van der Waals surface area contributed by atoms with Crippen molar-refractivity contribution < 1.29 is 4.42 Å². The third-order valence-corrected chi connectivity index (χ3v) is 3.68. The van der Waals surface area contributed by atoms with Crippen LogP contribution in [-0.2, 0) is 6.42 Å². The molecule has 0 saturated heterocycles. The van der Waals surface area contributed by atoms with Crippen LogP contribution < -0.4 is 5.32 Å². The van der Waals surface area contributed by atoms with E-state index in [1.54, 1.807) is 0 Å². The smallest absolute Gasteiger partial charge is 0.134 e. The molecule has 98 valence electrons. The summed E-state index contributed by atoms with van der Waals surface area (Å²) in [7, 11) is 0. The van der Waals surface area contributed by atoms with Crippen LogP contribution in [0.5, 0.6) is 0 Å². The van der Waals surface area contributed by atoms with E-state index in [1.807, 2.05) is 6.26 Å². The Morgan fingerprint density at radius 1 is 1.28 bits per heavy atom. The van der Waals surface area contributed by atoms with Crippen LogP contribution in [0.3, 0.4) is 0 Å². The fraction of sp³-hybridized carbons (Fsp3) is 0.500. The van der Waals surface area contributed by atoms with Crippen molar-refractivity contribution in [3.63, 3.8) is 0 Å². The number of hydrogen-bond donors (Lipinski definition) is 1. The lowest BCUT2D eigenvalue weighted by Gasteiger charge is -2.08. The van der Waals surface area contributed by atoms with Gasteiger partial charge in [-0.2, -0.15) is 0 Å². The van der Waals surface area contributed by atoms with Crippen molar-refractivity contribution in [2.75, 3.05) is 13.1 Å². The summed E-state index contributed by atoms with van der Waals surface area (Å²) in [6, 6.07) is 6.59. The van der Waals surface area contributed by atoms with Crippen LogP contribution in [0.1, 0.15) is 44.2 Å². The van der Waals surface area contributed by atoms with E-state index in [2.05, 4.69) is 44.3 Å². The third kappa shape index (κ3) is 2.75. The number of fused-ring (bicyclic) bond motifs is 1. The highest BCUT2D eigenvalue weighted by atomic mass is 16.3. The summed E-state index contributed by atoms with van der Waals surface area (Å²) in [4.78, 5) is 0. The van der Waals surface area contributed by atoms with Crippen molar-refractivity contribution in [2.24, 2.45) is 0 Å². The molecular weight excluding hydrogens is 222 g/mol. The van der Waals surface area contributed by atoms with Crippen molar-refractivity contribution in [3.05, 3.63) is 35.6 Å². The highest BCUT2D eigenvalue weighted by Gasteiger charge is 2.09. The first-order valence-corrected chi connectivity index (χ1v) is 6.97. The van der Waals surface area contributed by atoms with Gasteiger partial charge in [-0.3, -0.25) is 0 Å². The molecule has 1 aromatic carbocycles. The van der Waals surface area contributed by atoms with Crippen LogP contribution in [0.25, 0.3) is 11.0 Å². The lowest BCUT2D eigenvalue weighted by molar-refractivity contribution is 0.607. The summed E-state index contributed by atoms with van der Waals surface area (Å²) < 4.78 is 5.62. The summed E-state index contributed by atoms with van der Waals surface area (Å²) in [5.74, 6) is 0.617. The quantitative estimate of drug-likeness (QED) is 0.775. The van der Waals surface area contributed by atoms with E-state index in [-0.39, 0.29) is 0 Å². The van der Waals surface area contributed by atoms with Crippen LogP contribution in [0.2, 0.25) is 0 Å². The molecule has 1 unspecified atom stereocenters. The van der Waals surface area contributed by atoms with Crippen molar-refractivity contribution in [2.45, 2.75) is 39.5 Å². The van der Waals surface area contributed by atoms with Crippen LogP contribution in [0, 0.1) is 0 Å². The molecule has 0 saturated carbocycles. The minimum atomic E-state index is 0.617. The Kier molecular flexibility index (Phi) is 4.43. The van der Waals surface area contributed by atoms with E-state index < -0.39 is 0 Å². The molecule has 1 N–H and O–H groups in total. The fourth-order valence-electron chi connectivity index (χ4n) is 2.24. The molecule has 2 rings (SSSR count). The molecule has 0 fully saturated rings. The predicted molar refractivity (Wildman–Crippen MR) is 77.2 cm³/mol. The molecule has 1 heterocycles. The predicted octanol–water partition coefficient (Wildman–Crippen LogP) is 4.10. The first-order chi connectivity index (χ1) is 8.76. The van der Waals surface area contributed by atoms with Crippen LogP contribution >= 0.6 is 0 Å². The van der Waals surface area contributed by atoms with Crippen LogP contribution in [-0.4, -0.2) is 13.1 Å². The molecule has 0 amide bonds. The summed E-state index contributed by atoms with van der Waals surface area (Å²) in [6.45, 7) is 8.68. The summed E-state index contributed by atoms with van der Waals surface area (Å²) in [5.41, 5.74) is 3.74. The Labute approximate surface area is 109 Å². The Morgan fingerprint density at radius 2 is 2.11 bits per heavy atom. The lowest BCUT2D eigenvalue weighted by Crippen LogP contribution is -2.15. The van der Waals surface area contributed by atoms with Gasteiger partial charge in [-0.1, -0.05) is 26.8 Å². The Balaban J connectivity index is 2.25. The maximum atomic E-state index is 5.62. The normalized spacial score (nSPS) is 13.1. The molecule has 0 aliphatic heterocycles. The van der Waals surface area contributed by atoms with Gasteiger partial charge in [-0.15, -0.1) is 0 Å². The van der Waals surface area contributed by atoms with Gasteiger partial charge in [0, 0.05) is 5.39 Å². The van der Waals surface area contributed by atoms with Gasteiger partial charge >= 0.3 is 0 Å². The SMILES string of the molecule is CCNCCc1coc2ccc(C(C)CC)cc12. The monoisotopic (exact) mass is 245 g/mol. The molecule has 0 bridgehead atoms. The molecule has 0 radical (unpaired) electrons. The Bertz CT molecular complexity index is 501. The molecule has 0 aliphatic rings. The van der Waals surface area contributed by atoms with E-state index in [0.29, 0.717) is 5.92 Å². The van der Waals surface area contributed by atoms with Gasteiger partial charge in [0.05, 0.1) is 6.26 Å². The molecule has 2 aromatic rings. The standard InChI is InChI=1S/C16H23NO/c1-4-12(3)13-6-7-16-15(10-13)14(11-18-16)8-9-17-5-2/h6-7,10-12,17H,4-5,8-9H2,1-3H3. The second-order valence-electron chi connectivity index (χ2n) is 4.93. The number of furan rings is 1. The molecular formula is C16H23NO. The van der Waals surface area contributed by atoms with Crippen LogP contribution in [0.15, 0.2) is 28.9 Å². The van der Waals surface area contributed by atoms with Crippen LogP contribution in [0.4, 0.5) is 0 Å². The third-order valence-electron chi connectivity index (χ3n) is 3.68. The molecule has 18 heavy (non-hydrogen) atoms. The van der Waals surface area contributed by atoms with E-state index in [9.17, 15) is 0 Å². The number of rotatable bonds is 6. The zero-order chi connectivity index (χ0) is 13.0. The number of likely N-dealkylation sites (N-methyl/N-ethyl adjacent to an activating group) is 1. The highest BCUT2D eigenvalue weighted by molar-refractivity contribution is 5.81. The lowest BCUT2D eigenvalue weighted by atomic mass is 9.96. The van der Waals surface area contributed by atoms with E-state index in [4.69, 9.17) is 4.42 Å².